The second kappa shape index (κ2) is 4.25. The van der Waals surface area contributed by atoms with E-state index in [9.17, 15) is 17.7 Å². The highest BCUT2D eigenvalue weighted by molar-refractivity contribution is 6.72. The molecule has 0 aromatic carbocycles. The average Bonchev–Trinajstić information content (AvgIpc) is 2.61. The Hall–Kier alpha value is -1.66. The van der Waals surface area contributed by atoms with Crippen molar-refractivity contribution >= 4 is 24.7 Å². The van der Waals surface area contributed by atoms with Gasteiger partial charge >= 0.3 is 12.9 Å². The third-order valence-corrected chi connectivity index (χ3v) is 1.56. The first-order valence-electron chi connectivity index (χ1n) is 3.99. The molecule has 0 saturated carbocycles. The maximum Gasteiger partial charge on any atom is 0.544 e. The van der Waals surface area contributed by atoms with Gasteiger partial charge in [-0.05, 0) is 12.1 Å². The van der Waals surface area contributed by atoms with E-state index in [-0.39, 0.29) is 5.76 Å². The number of methoxy groups -OCH3 is 1. The number of ether oxygens (including phenoxy) is 1. The fraction of sp³-hybridized carbons (Fsp3) is 0.125. The summed E-state index contributed by atoms with van der Waals surface area (Å²) in [5, 5.41) is 0. The van der Waals surface area contributed by atoms with Gasteiger partial charge in [0.1, 0.15) is 5.76 Å². The third kappa shape index (κ3) is 3.19. The quantitative estimate of drug-likeness (QED) is 0.439. The lowest BCUT2D eigenvalue weighted by molar-refractivity contribution is -0.134. The zero-order chi connectivity index (χ0) is 11.5. The first-order valence-corrected chi connectivity index (χ1v) is 3.99. The van der Waals surface area contributed by atoms with Crippen LogP contribution in [0, 0.1) is 0 Å². The van der Waals surface area contributed by atoms with Gasteiger partial charge in [-0.15, -0.1) is 0 Å². The van der Waals surface area contributed by atoms with E-state index in [2.05, 4.69) is 9.15 Å². The van der Waals surface area contributed by atoms with Crippen molar-refractivity contribution in [2.24, 2.45) is 0 Å². The normalized spacial score (nSPS) is 12.0. The topological polar surface area (TPSA) is 39.4 Å². The highest BCUT2D eigenvalue weighted by atomic mass is 19.4. The van der Waals surface area contributed by atoms with Gasteiger partial charge < -0.3 is 22.1 Å². The van der Waals surface area contributed by atoms with Crippen molar-refractivity contribution in [1.29, 1.82) is 0 Å². The third-order valence-electron chi connectivity index (χ3n) is 1.56. The molecular formula is C8H7BF3O3-. The molecule has 0 aliphatic rings. The molecule has 7 heteroatoms. The molecule has 0 spiro atoms. The van der Waals surface area contributed by atoms with Crippen molar-refractivity contribution < 1.29 is 26.9 Å². The molecule has 0 atom stereocenters. The molecule has 0 amide bonds. The number of hydrogen-bond acceptors (Lipinski definition) is 3. The van der Waals surface area contributed by atoms with Gasteiger partial charge in [0.05, 0.1) is 7.11 Å². The molecular weight excluding hydrogens is 212 g/mol. The number of esters is 1. The maximum atomic E-state index is 12.1. The molecule has 0 bridgehead atoms. The van der Waals surface area contributed by atoms with Crippen molar-refractivity contribution in [2.45, 2.75) is 0 Å². The Kier molecular flexibility index (Phi) is 3.23. The molecule has 1 aromatic rings. The minimum absolute atomic E-state index is 0.0467. The first-order chi connectivity index (χ1) is 6.93. The summed E-state index contributed by atoms with van der Waals surface area (Å²) in [6.45, 7) is -5.14. The van der Waals surface area contributed by atoms with Crippen LogP contribution in [0.2, 0.25) is 0 Å². The van der Waals surface area contributed by atoms with Crippen LogP contribution < -0.4 is 5.66 Å². The standard InChI is InChI=1S/C8H7BF3O3/c1-14-8(13)5-3-6-2-4-7(15-6)9(10,11)12/h2-5H,1H3/q-1/b5-3+. The Labute approximate surface area is 83.6 Å². The van der Waals surface area contributed by atoms with Crippen molar-refractivity contribution in [1.82, 2.24) is 0 Å². The summed E-state index contributed by atoms with van der Waals surface area (Å²) in [4.78, 5) is 10.6. The van der Waals surface area contributed by atoms with Crippen LogP contribution in [0.5, 0.6) is 0 Å². The molecule has 0 aliphatic carbocycles. The highest BCUT2D eigenvalue weighted by Gasteiger charge is 2.29. The van der Waals surface area contributed by atoms with Crippen LogP contribution in [-0.2, 0) is 9.53 Å². The minimum Gasteiger partial charge on any atom is -0.493 e. The fourth-order valence-electron chi connectivity index (χ4n) is 0.852. The number of halogens is 3. The van der Waals surface area contributed by atoms with Crippen LogP contribution in [-0.4, -0.2) is 20.1 Å². The van der Waals surface area contributed by atoms with Crippen LogP contribution >= 0.6 is 0 Å². The lowest BCUT2D eigenvalue weighted by atomic mass is 9.88. The molecule has 0 fully saturated rings. The molecule has 3 nitrogen and oxygen atoms in total. The lowest BCUT2D eigenvalue weighted by Gasteiger charge is -2.09. The molecule has 82 valence electrons. The summed E-state index contributed by atoms with van der Waals surface area (Å²) in [5.74, 6) is -0.708. The minimum atomic E-state index is -5.14. The average molecular weight is 219 g/mol. The van der Waals surface area contributed by atoms with Gasteiger partial charge in [-0.3, -0.25) is 0 Å². The van der Waals surface area contributed by atoms with E-state index < -0.39 is 18.6 Å². The number of carbonyl (C=O) groups is 1. The van der Waals surface area contributed by atoms with E-state index in [4.69, 9.17) is 0 Å². The molecule has 0 saturated heterocycles. The van der Waals surface area contributed by atoms with E-state index in [1.165, 1.54) is 7.11 Å². The van der Waals surface area contributed by atoms with Crippen molar-refractivity contribution in [2.75, 3.05) is 7.11 Å². The molecule has 1 aromatic heterocycles. The van der Waals surface area contributed by atoms with Crippen molar-refractivity contribution in [3.05, 3.63) is 24.0 Å². The Balaban J connectivity index is 2.77. The lowest BCUT2D eigenvalue weighted by Crippen LogP contribution is -2.32. The van der Waals surface area contributed by atoms with Crippen LogP contribution in [0.25, 0.3) is 6.08 Å². The number of rotatable bonds is 3. The smallest absolute Gasteiger partial charge is 0.493 e. The predicted molar refractivity (Wildman–Crippen MR) is 48.5 cm³/mol. The predicted octanol–water partition coefficient (Wildman–Crippen LogP) is 1.52. The zero-order valence-corrected chi connectivity index (χ0v) is 7.75. The van der Waals surface area contributed by atoms with Crippen LogP contribution in [0.4, 0.5) is 12.9 Å². The molecule has 1 rings (SSSR count). The van der Waals surface area contributed by atoms with E-state index in [1.54, 1.807) is 0 Å². The number of furan rings is 1. The SMILES string of the molecule is COC(=O)/C=C/c1ccc([B-](F)(F)F)o1. The van der Waals surface area contributed by atoms with Crippen molar-refractivity contribution in [3.8, 4) is 0 Å². The van der Waals surface area contributed by atoms with Crippen LogP contribution in [0.3, 0.4) is 0 Å². The van der Waals surface area contributed by atoms with E-state index in [0.29, 0.717) is 0 Å². The second-order valence-corrected chi connectivity index (χ2v) is 2.67. The Bertz CT molecular complexity index is 381. The van der Waals surface area contributed by atoms with Crippen LogP contribution in [0.1, 0.15) is 5.76 Å². The summed E-state index contributed by atoms with van der Waals surface area (Å²) >= 11 is 0. The zero-order valence-electron chi connectivity index (χ0n) is 7.75. The highest BCUT2D eigenvalue weighted by Crippen LogP contribution is 2.12. The fourth-order valence-corrected chi connectivity index (χ4v) is 0.852. The van der Waals surface area contributed by atoms with Gasteiger partial charge in [0, 0.05) is 11.7 Å². The van der Waals surface area contributed by atoms with E-state index >= 15 is 0 Å². The Morgan fingerprint density at radius 3 is 2.60 bits per heavy atom. The molecule has 1 heterocycles. The molecule has 15 heavy (non-hydrogen) atoms. The van der Waals surface area contributed by atoms with Gasteiger partial charge in [-0.25, -0.2) is 4.79 Å². The first kappa shape index (κ1) is 11.4. The van der Waals surface area contributed by atoms with Gasteiger partial charge in [0.2, 0.25) is 0 Å². The van der Waals surface area contributed by atoms with Crippen LogP contribution in [0.15, 0.2) is 22.6 Å². The van der Waals surface area contributed by atoms with Crippen molar-refractivity contribution in [3.63, 3.8) is 0 Å². The van der Waals surface area contributed by atoms with E-state index in [0.717, 1.165) is 24.3 Å². The number of carbonyl (C=O) groups excluding carboxylic acids is 1. The van der Waals surface area contributed by atoms with Gasteiger partial charge in [0.25, 0.3) is 0 Å². The second-order valence-electron chi connectivity index (χ2n) is 2.67. The largest absolute Gasteiger partial charge is 0.544 e. The van der Waals surface area contributed by atoms with Gasteiger partial charge in [0.15, 0.2) is 0 Å². The maximum absolute atomic E-state index is 12.1. The summed E-state index contributed by atoms with van der Waals surface area (Å²) < 4.78 is 45.1. The Morgan fingerprint density at radius 1 is 1.47 bits per heavy atom. The van der Waals surface area contributed by atoms with Gasteiger partial charge in [-0.2, -0.15) is 0 Å². The summed E-state index contributed by atoms with van der Waals surface area (Å²) in [6.07, 6.45) is 2.09. The summed E-state index contributed by atoms with van der Waals surface area (Å²) in [6, 6.07) is 1.95. The number of hydrogen-bond donors (Lipinski definition) is 0. The van der Waals surface area contributed by atoms with E-state index in [1.807, 2.05) is 0 Å². The monoisotopic (exact) mass is 219 g/mol. The molecule has 0 N–H and O–H groups in total. The summed E-state index contributed by atoms with van der Waals surface area (Å²) in [5.41, 5.74) is -1.04. The van der Waals surface area contributed by atoms with Gasteiger partial charge in [-0.1, -0.05) is 6.07 Å². The molecule has 0 unspecified atom stereocenters. The Morgan fingerprint density at radius 2 is 2.13 bits per heavy atom. The molecule has 0 aliphatic heterocycles. The molecule has 0 radical (unpaired) electrons. The summed E-state index contributed by atoms with van der Waals surface area (Å²) in [7, 11) is 1.17.